The first-order valence-electron chi connectivity index (χ1n) is 8.97. The Morgan fingerprint density at radius 3 is 2.59 bits per heavy atom. The minimum absolute atomic E-state index is 0.00955. The summed E-state index contributed by atoms with van der Waals surface area (Å²) < 4.78 is 1.23. The number of aromatic amines is 1. The van der Waals surface area contributed by atoms with Crippen molar-refractivity contribution in [3.05, 3.63) is 69.4 Å². The zero-order valence-corrected chi connectivity index (χ0v) is 16.1. The molecule has 1 aromatic carbocycles. The van der Waals surface area contributed by atoms with Crippen LogP contribution in [-0.4, -0.2) is 41.1 Å². The molecule has 1 heterocycles. The van der Waals surface area contributed by atoms with Gasteiger partial charge in [0.2, 0.25) is 5.91 Å². The molecule has 2 rings (SSSR count). The van der Waals surface area contributed by atoms with Crippen LogP contribution in [0.5, 0.6) is 0 Å². The van der Waals surface area contributed by atoms with Gasteiger partial charge in [-0.05, 0) is 12.5 Å². The molecular weight excluding hydrogens is 376 g/mol. The molecular formula is C19H24N6O4. The maximum Gasteiger partial charge on any atom is 0.330 e. The molecule has 1 aromatic heterocycles. The van der Waals surface area contributed by atoms with Gasteiger partial charge in [-0.2, -0.15) is 0 Å². The number of benzene rings is 1. The van der Waals surface area contributed by atoms with Crippen molar-refractivity contribution in [1.29, 1.82) is 0 Å². The molecule has 0 aliphatic rings. The molecule has 0 aliphatic heterocycles. The van der Waals surface area contributed by atoms with Crippen molar-refractivity contribution in [2.45, 2.75) is 13.5 Å². The number of nitrogen functional groups attached to an aromatic ring is 1. The summed E-state index contributed by atoms with van der Waals surface area (Å²) in [5, 5.41) is 4.57. The van der Waals surface area contributed by atoms with Gasteiger partial charge in [0.25, 0.3) is 5.56 Å². The lowest BCUT2D eigenvalue weighted by Crippen LogP contribution is -2.46. The second-order valence-electron chi connectivity index (χ2n) is 6.13. The third kappa shape index (κ3) is 5.58. The number of likely N-dealkylation sites (N-methyl/N-ethyl adjacent to an activating group) is 1. The van der Waals surface area contributed by atoms with Gasteiger partial charge in [0.05, 0.1) is 13.1 Å². The van der Waals surface area contributed by atoms with Crippen LogP contribution >= 0.6 is 0 Å². The van der Waals surface area contributed by atoms with E-state index in [4.69, 9.17) is 5.73 Å². The molecule has 0 saturated carbocycles. The quantitative estimate of drug-likeness (QED) is 0.460. The summed E-state index contributed by atoms with van der Waals surface area (Å²) in [6, 6.07) is 8.46. The number of imide groups is 1. The summed E-state index contributed by atoms with van der Waals surface area (Å²) in [6.07, 6.45) is 1.47. The topological polar surface area (TPSA) is 142 Å². The lowest BCUT2D eigenvalue weighted by molar-refractivity contribution is -0.118. The molecule has 0 unspecified atom stereocenters. The van der Waals surface area contributed by atoms with E-state index >= 15 is 0 Å². The molecule has 5 N–H and O–H groups in total. The predicted octanol–water partition coefficient (Wildman–Crippen LogP) is 0.00520. The van der Waals surface area contributed by atoms with E-state index in [9.17, 15) is 19.2 Å². The smallest absolute Gasteiger partial charge is 0.330 e. The van der Waals surface area contributed by atoms with Crippen LogP contribution in [-0.2, 0) is 11.3 Å². The molecule has 10 nitrogen and oxygen atoms in total. The Hall–Kier alpha value is -3.82. The molecule has 0 aliphatic carbocycles. The van der Waals surface area contributed by atoms with Crippen molar-refractivity contribution >= 4 is 23.4 Å². The van der Waals surface area contributed by atoms with Crippen molar-refractivity contribution < 1.29 is 9.59 Å². The Morgan fingerprint density at radius 2 is 1.97 bits per heavy atom. The average molecular weight is 400 g/mol. The number of H-pyrrole nitrogens is 1. The van der Waals surface area contributed by atoms with Crippen LogP contribution in [0, 0.1) is 0 Å². The first kappa shape index (κ1) is 21.5. The van der Waals surface area contributed by atoms with Gasteiger partial charge in [-0.25, -0.2) is 9.59 Å². The first-order chi connectivity index (χ1) is 13.9. The molecule has 0 atom stereocenters. The van der Waals surface area contributed by atoms with Crippen molar-refractivity contribution in [2.24, 2.45) is 0 Å². The third-order valence-electron chi connectivity index (χ3n) is 4.09. The lowest BCUT2D eigenvalue weighted by atomic mass is 10.2. The Labute approximate surface area is 167 Å². The van der Waals surface area contributed by atoms with E-state index in [1.807, 2.05) is 30.3 Å². The number of hydrogen-bond donors (Lipinski definition) is 4. The molecule has 0 saturated heterocycles. The van der Waals surface area contributed by atoms with E-state index in [0.717, 1.165) is 5.56 Å². The predicted molar refractivity (Wildman–Crippen MR) is 111 cm³/mol. The molecule has 0 radical (unpaired) electrons. The van der Waals surface area contributed by atoms with Crippen LogP contribution in [0.1, 0.15) is 12.5 Å². The van der Waals surface area contributed by atoms with Crippen LogP contribution < -0.4 is 32.5 Å². The summed E-state index contributed by atoms with van der Waals surface area (Å²) >= 11 is 0. The number of aromatic nitrogens is 2. The number of nitrogens with two attached hydrogens (primary N) is 1. The maximum absolute atomic E-state index is 12.4. The van der Waals surface area contributed by atoms with Crippen LogP contribution in [0.25, 0.3) is 0 Å². The largest absolute Gasteiger partial charge is 0.383 e. The van der Waals surface area contributed by atoms with Crippen LogP contribution in [0.3, 0.4) is 0 Å². The molecule has 3 amide bonds. The molecule has 10 heteroatoms. The number of amides is 3. The van der Waals surface area contributed by atoms with E-state index in [-0.39, 0.29) is 37.7 Å². The summed E-state index contributed by atoms with van der Waals surface area (Å²) in [7, 11) is 0. The second kappa shape index (κ2) is 9.93. The molecule has 0 bridgehead atoms. The Morgan fingerprint density at radius 1 is 1.28 bits per heavy atom. The highest BCUT2D eigenvalue weighted by Crippen LogP contribution is 2.17. The fourth-order valence-electron chi connectivity index (χ4n) is 2.70. The van der Waals surface area contributed by atoms with Crippen molar-refractivity contribution in [3.63, 3.8) is 0 Å². The number of nitrogens with one attached hydrogen (secondary N) is 3. The second-order valence-corrected chi connectivity index (χ2v) is 6.13. The number of urea groups is 1. The average Bonchev–Trinajstić information content (AvgIpc) is 2.69. The highest BCUT2D eigenvalue weighted by atomic mass is 16.2. The normalized spacial score (nSPS) is 10.2. The van der Waals surface area contributed by atoms with Crippen LogP contribution in [0.2, 0.25) is 0 Å². The zero-order valence-electron chi connectivity index (χ0n) is 16.1. The highest BCUT2D eigenvalue weighted by Gasteiger charge is 2.20. The van der Waals surface area contributed by atoms with E-state index in [0.29, 0.717) is 0 Å². The summed E-state index contributed by atoms with van der Waals surface area (Å²) in [4.78, 5) is 52.1. The van der Waals surface area contributed by atoms with Gasteiger partial charge in [-0.15, -0.1) is 6.58 Å². The summed E-state index contributed by atoms with van der Waals surface area (Å²) in [5.41, 5.74) is 5.59. The highest BCUT2D eigenvalue weighted by molar-refractivity contribution is 5.96. The summed E-state index contributed by atoms with van der Waals surface area (Å²) in [6.45, 7) is 5.49. The fourth-order valence-corrected chi connectivity index (χ4v) is 2.70. The minimum Gasteiger partial charge on any atom is -0.383 e. The molecule has 0 fully saturated rings. The standard InChI is InChI=1S/C19H24N6O4/c1-3-10-21-18(28)22-14(26)12-24(4-2)15-16(20)25(19(29)23-17(15)27)11-13-8-6-5-7-9-13/h3,5-9H,1,4,10-12,20H2,2H3,(H,23,27,29)(H2,21,22,26,28). The van der Waals surface area contributed by atoms with Gasteiger partial charge >= 0.3 is 11.7 Å². The number of carbonyl (C=O) groups excluding carboxylic acids is 2. The first-order valence-corrected chi connectivity index (χ1v) is 8.97. The third-order valence-corrected chi connectivity index (χ3v) is 4.09. The number of nitrogens with zero attached hydrogens (tertiary/aromatic N) is 2. The lowest BCUT2D eigenvalue weighted by Gasteiger charge is -2.24. The van der Waals surface area contributed by atoms with Crippen LogP contribution in [0.15, 0.2) is 52.6 Å². The number of carbonyl (C=O) groups is 2. The van der Waals surface area contributed by atoms with Crippen molar-refractivity contribution in [2.75, 3.05) is 30.3 Å². The van der Waals surface area contributed by atoms with Gasteiger partial charge in [-0.3, -0.25) is 24.5 Å². The van der Waals surface area contributed by atoms with Gasteiger partial charge in [0, 0.05) is 13.1 Å². The van der Waals surface area contributed by atoms with E-state index in [1.54, 1.807) is 6.92 Å². The van der Waals surface area contributed by atoms with E-state index in [2.05, 4.69) is 22.2 Å². The number of anilines is 2. The maximum atomic E-state index is 12.4. The molecule has 0 spiro atoms. The Balaban J connectivity index is 2.28. The van der Waals surface area contributed by atoms with E-state index < -0.39 is 23.2 Å². The molecule has 154 valence electrons. The SMILES string of the molecule is C=CCNC(=O)NC(=O)CN(CC)c1c(N)n(Cc2ccccc2)c(=O)[nH]c1=O. The molecule has 29 heavy (non-hydrogen) atoms. The van der Waals surface area contributed by atoms with Crippen molar-refractivity contribution in [1.82, 2.24) is 20.2 Å². The Bertz CT molecular complexity index is 996. The number of rotatable bonds is 8. The Kier molecular flexibility index (Phi) is 7.35. The van der Waals surface area contributed by atoms with Gasteiger partial charge in [0.15, 0.2) is 0 Å². The van der Waals surface area contributed by atoms with Crippen LogP contribution in [0.4, 0.5) is 16.3 Å². The monoisotopic (exact) mass is 400 g/mol. The van der Waals surface area contributed by atoms with Gasteiger partial charge < -0.3 is 16.0 Å². The van der Waals surface area contributed by atoms with E-state index in [1.165, 1.54) is 15.5 Å². The van der Waals surface area contributed by atoms with Gasteiger partial charge in [-0.1, -0.05) is 36.4 Å². The summed E-state index contributed by atoms with van der Waals surface area (Å²) in [5.74, 6) is -0.693. The molecule has 2 aromatic rings. The fraction of sp³-hybridized carbons (Fsp3) is 0.263. The zero-order chi connectivity index (χ0) is 21.4. The van der Waals surface area contributed by atoms with Gasteiger partial charge in [0.1, 0.15) is 11.5 Å². The van der Waals surface area contributed by atoms with Crippen molar-refractivity contribution in [3.8, 4) is 0 Å². The minimum atomic E-state index is -0.706. The number of hydrogen-bond acceptors (Lipinski definition) is 6.